The second-order valence-corrected chi connectivity index (χ2v) is 10.0. The van der Waals surface area contributed by atoms with Gasteiger partial charge in [0, 0.05) is 6.04 Å². The third-order valence-electron chi connectivity index (χ3n) is 6.92. The van der Waals surface area contributed by atoms with E-state index in [0.29, 0.717) is 17.3 Å². The molecule has 5 rings (SSSR count). The fourth-order valence-corrected chi connectivity index (χ4v) is 5.00. The van der Waals surface area contributed by atoms with E-state index in [0.717, 1.165) is 53.9 Å². The number of para-hydroxylation sites is 1. The lowest BCUT2D eigenvalue weighted by Gasteiger charge is -2.33. The number of carbonyl (C=O) groups excluding carboxylic acids is 2. The first-order chi connectivity index (χ1) is 19.6. The monoisotopic (exact) mass is 570 g/mol. The number of nitrogens with one attached hydrogen (secondary N) is 1. The largest absolute Gasteiger partial charge is 0.464 e. The van der Waals surface area contributed by atoms with E-state index in [9.17, 15) is 22.8 Å². The van der Waals surface area contributed by atoms with E-state index in [-0.39, 0.29) is 17.6 Å². The van der Waals surface area contributed by atoms with E-state index in [4.69, 9.17) is 8.83 Å². The Labute approximate surface area is 233 Å². The number of hydrogen-bond donors (Lipinski definition) is 1. The maximum Gasteiger partial charge on any atom is 0.418 e. The highest BCUT2D eigenvalue weighted by molar-refractivity contribution is 6.01. The summed E-state index contributed by atoms with van der Waals surface area (Å²) in [6.07, 6.45) is -0.452. The number of rotatable bonds is 8. The molecule has 3 aromatic heterocycles. The van der Waals surface area contributed by atoms with Gasteiger partial charge in [0.25, 0.3) is 11.8 Å². The fourth-order valence-electron chi connectivity index (χ4n) is 5.00. The number of nitrogens with zero attached hydrogens (tertiary/aromatic N) is 5. The number of aromatic nitrogens is 4. The van der Waals surface area contributed by atoms with Gasteiger partial charge >= 0.3 is 6.18 Å². The Morgan fingerprint density at radius 1 is 1.02 bits per heavy atom. The Kier molecular flexibility index (Phi) is 7.95. The maximum atomic E-state index is 14.2. The van der Waals surface area contributed by atoms with Gasteiger partial charge in [0.2, 0.25) is 5.82 Å². The molecule has 13 heteroatoms. The normalized spacial score (nSPS) is 15.0. The van der Waals surface area contributed by atoms with Crippen LogP contribution in [0.25, 0.3) is 11.6 Å². The predicted molar refractivity (Wildman–Crippen MR) is 140 cm³/mol. The molecule has 41 heavy (non-hydrogen) atoms. The summed E-state index contributed by atoms with van der Waals surface area (Å²) in [7, 11) is 0. The molecule has 0 bridgehead atoms. The lowest BCUT2D eigenvalue weighted by molar-refractivity contribution is -0.137. The minimum absolute atomic E-state index is 0.0273. The van der Waals surface area contributed by atoms with E-state index < -0.39 is 41.8 Å². The van der Waals surface area contributed by atoms with Gasteiger partial charge in [-0.2, -0.15) is 18.0 Å². The van der Waals surface area contributed by atoms with Crippen molar-refractivity contribution in [3.05, 3.63) is 71.4 Å². The molecule has 4 aromatic rings. The van der Waals surface area contributed by atoms with Crippen molar-refractivity contribution >= 4 is 17.5 Å². The number of amides is 2. The summed E-state index contributed by atoms with van der Waals surface area (Å²) in [5, 5.41) is 14.9. The van der Waals surface area contributed by atoms with Crippen LogP contribution in [0.15, 0.2) is 57.4 Å². The Bertz CT molecular complexity index is 1520. The van der Waals surface area contributed by atoms with E-state index >= 15 is 0 Å². The predicted octanol–water partition coefficient (Wildman–Crippen LogP) is 5.39. The molecule has 1 aliphatic carbocycles. The van der Waals surface area contributed by atoms with E-state index in [1.54, 1.807) is 32.0 Å². The van der Waals surface area contributed by atoms with Gasteiger partial charge in [0.05, 0.1) is 11.3 Å². The minimum atomic E-state index is -4.81. The van der Waals surface area contributed by atoms with Crippen molar-refractivity contribution in [3.63, 3.8) is 0 Å². The summed E-state index contributed by atoms with van der Waals surface area (Å²) >= 11 is 0. The first-order valence-electron chi connectivity index (χ1n) is 13.3. The van der Waals surface area contributed by atoms with Crippen LogP contribution in [0.5, 0.6) is 0 Å². The van der Waals surface area contributed by atoms with Crippen LogP contribution < -0.4 is 10.2 Å². The molecular weight excluding hydrogens is 541 g/mol. The molecule has 10 nitrogen and oxygen atoms in total. The molecule has 3 heterocycles. The van der Waals surface area contributed by atoms with Crippen LogP contribution in [0, 0.1) is 13.8 Å². The summed E-state index contributed by atoms with van der Waals surface area (Å²) < 4.78 is 53.9. The number of halogens is 3. The number of aryl methyl sites for hydroxylation is 2. The summed E-state index contributed by atoms with van der Waals surface area (Å²) in [4.78, 5) is 29.5. The number of tetrazole rings is 1. The Morgan fingerprint density at radius 3 is 2.39 bits per heavy atom. The number of carbonyl (C=O) groups is 2. The third-order valence-corrected chi connectivity index (χ3v) is 6.92. The van der Waals surface area contributed by atoms with Crippen molar-refractivity contribution in [1.82, 2.24) is 25.5 Å². The average molecular weight is 571 g/mol. The number of hydrogen-bond acceptors (Lipinski definition) is 7. The maximum absolute atomic E-state index is 14.2. The molecule has 0 unspecified atom stereocenters. The van der Waals surface area contributed by atoms with Crippen LogP contribution in [0.1, 0.15) is 61.0 Å². The quantitative estimate of drug-likeness (QED) is 0.302. The van der Waals surface area contributed by atoms with E-state index in [2.05, 4.69) is 20.7 Å². The zero-order chi connectivity index (χ0) is 29.1. The second kappa shape index (κ2) is 11.6. The number of anilines is 1. The van der Waals surface area contributed by atoms with Gasteiger partial charge in [0.15, 0.2) is 11.8 Å². The van der Waals surface area contributed by atoms with Gasteiger partial charge in [-0.25, -0.2) is 0 Å². The van der Waals surface area contributed by atoms with Gasteiger partial charge in [-0.05, 0) is 68.3 Å². The molecule has 216 valence electrons. The first kappa shape index (κ1) is 28.1. The number of benzene rings is 1. The van der Waals surface area contributed by atoms with Crippen molar-refractivity contribution < 1.29 is 31.6 Å². The molecular formula is C28H29F3N6O4. The lowest BCUT2D eigenvalue weighted by Crippen LogP contribution is -2.48. The van der Waals surface area contributed by atoms with Crippen LogP contribution in [0.3, 0.4) is 0 Å². The van der Waals surface area contributed by atoms with E-state index in [1.165, 1.54) is 18.2 Å². The Balaban J connectivity index is 1.56. The van der Waals surface area contributed by atoms with Crippen LogP contribution in [-0.4, -0.2) is 38.1 Å². The summed E-state index contributed by atoms with van der Waals surface area (Å²) in [5.41, 5.74) is -1.57. The van der Waals surface area contributed by atoms with Crippen LogP contribution in [-0.2, 0) is 22.3 Å². The van der Waals surface area contributed by atoms with Gasteiger partial charge in [-0.1, -0.05) is 31.4 Å². The topological polar surface area (TPSA) is 119 Å². The molecule has 1 saturated carbocycles. The van der Waals surface area contributed by atoms with Gasteiger partial charge in [-0.15, -0.1) is 10.2 Å². The smallest absolute Gasteiger partial charge is 0.418 e. The van der Waals surface area contributed by atoms with Crippen molar-refractivity contribution in [3.8, 4) is 11.6 Å². The molecule has 1 aromatic carbocycles. The molecule has 0 radical (unpaired) electrons. The fraction of sp³-hybridized carbons (Fsp3) is 0.393. The van der Waals surface area contributed by atoms with Crippen molar-refractivity contribution in [2.24, 2.45) is 0 Å². The van der Waals surface area contributed by atoms with Crippen LogP contribution in [0.4, 0.5) is 18.9 Å². The molecule has 0 saturated heterocycles. The first-order valence-corrected chi connectivity index (χ1v) is 13.3. The van der Waals surface area contributed by atoms with Gasteiger partial charge in [0.1, 0.15) is 23.8 Å². The minimum Gasteiger partial charge on any atom is -0.464 e. The standard InChI is InChI=1S/C28H29F3N6O4/c1-17-12-14-22(40-17)25(27(39)32-19-8-4-3-5-9-19)37(21-11-7-6-10-20(21)28(29,30)31)24(38)16-36-34-26(33-35-36)23-15-13-18(2)41-23/h6-7,10-15,19,25H,3-5,8-9,16H2,1-2H3,(H,32,39)/t25-/m0/s1. The second-order valence-electron chi connectivity index (χ2n) is 10.0. The summed E-state index contributed by atoms with van der Waals surface area (Å²) in [6.45, 7) is 2.78. The molecule has 1 atom stereocenters. The summed E-state index contributed by atoms with van der Waals surface area (Å²) in [6, 6.07) is 9.34. The molecule has 2 amide bonds. The van der Waals surface area contributed by atoms with Gasteiger partial charge < -0.3 is 14.2 Å². The molecule has 1 N–H and O–H groups in total. The van der Waals surface area contributed by atoms with Gasteiger partial charge in [-0.3, -0.25) is 14.5 Å². The lowest BCUT2D eigenvalue weighted by atomic mass is 9.95. The molecule has 0 spiro atoms. The molecule has 1 aliphatic rings. The zero-order valence-electron chi connectivity index (χ0n) is 22.5. The van der Waals surface area contributed by atoms with Crippen molar-refractivity contribution in [2.75, 3.05) is 4.90 Å². The van der Waals surface area contributed by atoms with Crippen molar-refractivity contribution in [1.29, 1.82) is 0 Å². The highest BCUT2D eigenvalue weighted by Crippen LogP contribution is 2.40. The van der Waals surface area contributed by atoms with Crippen molar-refractivity contribution in [2.45, 2.75) is 70.8 Å². The Morgan fingerprint density at radius 2 is 1.73 bits per heavy atom. The third kappa shape index (κ3) is 6.34. The number of furan rings is 2. The Hall–Kier alpha value is -4.42. The molecule has 0 aliphatic heterocycles. The number of alkyl halides is 3. The highest BCUT2D eigenvalue weighted by Gasteiger charge is 2.42. The average Bonchev–Trinajstić information content (AvgIpc) is 3.68. The zero-order valence-corrected chi connectivity index (χ0v) is 22.5. The highest BCUT2D eigenvalue weighted by atomic mass is 19.4. The molecule has 1 fully saturated rings. The van der Waals surface area contributed by atoms with E-state index in [1.807, 2.05) is 0 Å². The summed E-state index contributed by atoms with van der Waals surface area (Å²) in [5.74, 6) is -0.0303. The van der Waals surface area contributed by atoms with Crippen LogP contribution >= 0.6 is 0 Å². The van der Waals surface area contributed by atoms with Crippen LogP contribution in [0.2, 0.25) is 0 Å². The SMILES string of the molecule is Cc1ccc(-c2nnn(CC(=O)N(c3ccccc3C(F)(F)F)[C@H](C(=O)NC3CCCCC3)c3ccc(C)o3)n2)o1.